The zero-order valence-electron chi connectivity index (χ0n) is 25.3. The predicted molar refractivity (Wildman–Crippen MR) is 175 cm³/mol. The summed E-state index contributed by atoms with van der Waals surface area (Å²) < 4.78 is 81.1. The van der Waals surface area contributed by atoms with Crippen LogP contribution in [0.4, 0.5) is 26.3 Å². The normalized spacial score (nSPS) is 14.6. The van der Waals surface area contributed by atoms with E-state index in [9.17, 15) is 36.9 Å². The van der Waals surface area contributed by atoms with Gasteiger partial charge in [-0.05, 0) is 115 Å². The van der Waals surface area contributed by atoms with Crippen molar-refractivity contribution in [2.45, 2.75) is 12.4 Å². The average Bonchev–Trinajstić information content (AvgIpc) is 3.59. The Morgan fingerprint density at radius 2 is 0.820 bits per heavy atom. The van der Waals surface area contributed by atoms with Crippen LogP contribution in [0.5, 0.6) is 0 Å². The van der Waals surface area contributed by atoms with E-state index in [0.717, 1.165) is 24.3 Å². The number of nitriles is 2. The fraction of sp³-hybridized carbons (Fsp3) is 0.0500. The number of fused-ring (bicyclic) bond motifs is 6. The highest BCUT2D eigenvalue weighted by Gasteiger charge is 2.35. The van der Waals surface area contributed by atoms with Crippen molar-refractivity contribution in [2.75, 3.05) is 0 Å². The van der Waals surface area contributed by atoms with Crippen LogP contribution >= 0.6 is 0 Å². The summed E-state index contributed by atoms with van der Waals surface area (Å²) in [4.78, 5) is 6.92. The monoisotopic (exact) mass is 666 g/mol. The lowest BCUT2D eigenvalue weighted by atomic mass is 9.95. The third kappa shape index (κ3) is 4.99. The molecule has 0 aliphatic heterocycles. The Kier molecular flexibility index (Phi) is 7.21. The molecule has 0 heterocycles. The first-order chi connectivity index (χ1) is 23.9. The molecule has 10 heteroatoms. The molecule has 0 fully saturated rings. The maximum absolute atomic E-state index is 13.5. The van der Waals surface area contributed by atoms with Crippen molar-refractivity contribution in [1.29, 1.82) is 10.5 Å². The molecule has 2 aliphatic rings. The molecular formula is C40H16F6N4. The van der Waals surface area contributed by atoms with Crippen LogP contribution in [0.1, 0.15) is 33.4 Å². The van der Waals surface area contributed by atoms with Gasteiger partial charge < -0.3 is 0 Å². The lowest BCUT2D eigenvalue weighted by Crippen LogP contribution is -2.04. The van der Waals surface area contributed by atoms with Gasteiger partial charge in [0.15, 0.2) is 0 Å². The summed E-state index contributed by atoms with van der Waals surface area (Å²) >= 11 is 0. The summed E-state index contributed by atoms with van der Waals surface area (Å²) in [5.74, 6) is 0. The molecule has 50 heavy (non-hydrogen) atoms. The Morgan fingerprint density at radius 1 is 0.460 bits per heavy atom. The topological polar surface area (TPSA) is 56.3 Å². The fourth-order valence-electron chi connectivity index (χ4n) is 6.61. The van der Waals surface area contributed by atoms with Gasteiger partial charge in [-0.2, -0.15) is 26.3 Å². The lowest BCUT2D eigenvalue weighted by Gasteiger charge is -2.11. The van der Waals surface area contributed by atoms with Gasteiger partial charge in [0.2, 0.25) is 0 Å². The maximum Gasteiger partial charge on any atom is 0.416 e. The zero-order valence-corrected chi connectivity index (χ0v) is 25.3. The highest BCUT2D eigenvalue weighted by atomic mass is 19.4. The molecule has 5 aromatic carbocycles. The quantitative estimate of drug-likeness (QED) is 0.105. The summed E-state index contributed by atoms with van der Waals surface area (Å²) in [6.45, 7) is 15.5. The van der Waals surface area contributed by atoms with Crippen molar-refractivity contribution in [3.8, 4) is 56.6 Å². The average molecular weight is 667 g/mol. The SMILES string of the molecule is [C-]#[N+]C(C#N)=C1c2cc(-c3cccc(C(F)(F)F)c3)ccc2-c2cc3c(cc21)-c1ccc(-c2cccc(C(F)(F)F)c2)cc1C3=C(C#N)[N+]#[C-]. The Balaban J connectivity index is 1.44. The Morgan fingerprint density at radius 3 is 1.16 bits per heavy atom. The number of alkyl halides is 6. The molecule has 5 aromatic rings. The molecule has 238 valence electrons. The summed E-state index contributed by atoms with van der Waals surface area (Å²) in [7, 11) is 0. The third-order valence-corrected chi connectivity index (χ3v) is 8.81. The second kappa shape index (κ2) is 11.4. The predicted octanol–water partition coefficient (Wildman–Crippen LogP) is 11.4. The highest BCUT2D eigenvalue weighted by Crippen LogP contribution is 2.54. The molecule has 2 aliphatic carbocycles. The van der Waals surface area contributed by atoms with E-state index in [-0.39, 0.29) is 33.7 Å². The van der Waals surface area contributed by atoms with Gasteiger partial charge in [0.05, 0.1) is 36.4 Å². The van der Waals surface area contributed by atoms with Gasteiger partial charge in [0.25, 0.3) is 11.4 Å². The van der Waals surface area contributed by atoms with Crippen LogP contribution in [0.15, 0.2) is 108 Å². The molecule has 0 saturated carbocycles. The Hall–Kier alpha value is -6.88. The molecule has 0 amide bonds. The number of hydrogen-bond donors (Lipinski definition) is 0. The summed E-state index contributed by atoms with van der Waals surface area (Å²) in [6, 6.07) is 27.0. The number of halogens is 6. The van der Waals surface area contributed by atoms with E-state index < -0.39 is 23.5 Å². The Labute approximate surface area is 281 Å². The number of rotatable bonds is 2. The molecule has 0 spiro atoms. The molecule has 0 aromatic heterocycles. The lowest BCUT2D eigenvalue weighted by molar-refractivity contribution is -0.138. The van der Waals surface area contributed by atoms with Crippen molar-refractivity contribution in [3.63, 3.8) is 0 Å². The van der Waals surface area contributed by atoms with E-state index in [1.165, 1.54) is 24.3 Å². The van der Waals surface area contributed by atoms with Gasteiger partial charge in [0.1, 0.15) is 0 Å². The standard InChI is InChI=1S/C40H16F6N4/c1-49-35(19-47)37-31-15-23(21-5-3-7-25(13-21)39(41,42)43)9-11-27(31)29-18-34-30(17-33(29)37)28-12-10-24(16-32(28)38(34)36(20-48)50-2)22-6-4-8-26(14-22)40(44,45)46/h3-18H. The molecule has 0 bridgehead atoms. The van der Waals surface area contributed by atoms with Crippen molar-refractivity contribution >= 4 is 11.1 Å². The van der Waals surface area contributed by atoms with Crippen LogP contribution in [0.25, 0.3) is 65.3 Å². The van der Waals surface area contributed by atoms with Crippen LogP contribution in [-0.4, -0.2) is 0 Å². The minimum atomic E-state index is -4.56. The molecule has 4 nitrogen and oxygen atoms in total. The van der Waals surface area contributed by atoms with Gasteiger partial charge in [-0.25, -0.2) is 20.2 Å². The van der Waals surface area contributed by atoms with Crippen molar-refractivity contribution in [3.05, 3.63) is 165 Å². The zero-order chi connectivity index (χ0) is 35.5. The van der Waals surface area contributed by atoms with Gasteiger partial charge in [-0.15, -0.1) is 0 Å². The molecule has 0 saturated heterocycles. The summed E-state index contributed by atoms with van der Waals surface area (Å²) in [5.41, 5.74) is 4.14. The Bertz CT molecular complexity index is 2350. The van der Waals surface area contributed by atoms with Crippen LogP contribution in [0.3, 0.4) is 0 Å². The molecular weight excluding hydrogens is 650 g/mol. The first-order valence-corrected chi connectivity index (χ1v) is 14.7. The van der Waals surface area contributed by atoms with E-state index in [2.05, 4.69) is 9.69 Å². The second-order valence-electron chi connectivity index (χ2n) is 11.5. The number of nitrogens with zero attached hydrogens (tertiary/aromatic N) is 4. The molecule has 0 atom stereocenters. The van der Waals surface area contributed by atoms with Crippen LogP contribution < -0.4 is 0 Å². The summed E-state index contributed by atoms with van der Waals surface area (Å²) in [6.07, 6.45) is -9.12. The van der Waals surface area contributed by atoms with Crippen molar-refractivity contribution < 1.29 is 26.3 Å². The molecule has 7 rings (SSSR count). The first kappa shape index (κ1) is 31.7. The van der Waals surface area contributed by atoms with Gasteiger partial charge >= 0.3 is 12.4 Å². The van der Waals surface area contributed by atoms with E-state index in [1.54, 1.807) is 48.5 Å². The highest BCUT2D eigenvalue weighted by molar-refractivity contribution is 6.11. The minimum Gasteiger partial charge on any atom is -0.226 e. The largest absolute Gasteiger partial charge is 0.416 e. The second-order valence-corrected chi connectivity index (χ2v) is 11.5. The number of benzene rings is 5. The van der Waals surface area contributed by atoms with Gasteiger partial charge in [-0.3, -0.25) is 0 Å². The van der Waals surface area contributed by atoms with Crippen LogP contribution in [0, 0.1) is 35.8 Å². The molecule has 0 radical (unpaired) electrons. The molecule has 0 unspecified atom stereocenters. The molecule has 0 N–H and O–H groups in total. The van der Waals surface area contributed by atoms with Gasteiger partial charge in [-0.1, -0.05) is 48.5 Å². The fourth-order valence-corrected chi connectivity index (χ4v) is 6.61. The smallest absolute Gasteiger partial charge is 0.226 e. The maximum atomic E-state index is 13.5. The number of allylic oxidation sites excluding steroid dienone is 2. The van der Waals surface area contributed by atoms with E-state index in [1.807, 2.05) is 12.1 Å². The minimum absolute atomic E-state index is 0.237. The van der Waals surface area contributed by atoms with Crippen molar-refractivity contribution in [2.24, 2.45) is 0 Å². The summed E-state index contributed by atoms with van der Waals surface area (Å²) in [5, 5.41) is 20.0. The van der Waals surface area contributed by atoms with E-state index in [4.69, 9.17) is 13.1 Å². The van der Waals surface area contributed by atoms with Crippen LogP contribution in [-0.2, 0) is 12.4 Å². The van der Waals surface area contributed by atoms with Crippen LogP contribution in [0.2, 0.25) is 0 Å². The van der Waals surface area contributed by atoms with E-state index >= 15 is 0 Å². The van der Waals surface area contributed by atoms with Crippen molar-refractivity contribution in [1.82, 2.24) is 0 Å². The number of hydrogen-bond acceptors (Lipinski definition) is 2. The van der Waals surface area contributed by atoms with E-state index in [0.29, 0.717) is 55.6 Å². The third-order valence-electron chi connectivity index (χ3n) is 8.81. The van der Waals surface area contributed by atoms with Gasteiger partial charge in [0, 0.05) is 11.1 Å². The first-order valence-electron chi connectivity index (χ1n) is 14.7.